The molecular weight excluding hydrogens is 198 g/mol. The quantitative estimate of drug-likeness (QED) is 0.794. The van der Waals surface area contributed by atoms with E-state index < -0.39 is 0 Å². The lowest BCUT2D eigenvalue weighted by atomic mass is 10.1. The van der Waals surface area contributed by atoms with Crippen LogP contribution in [0.1, 0.15) is 31.7 Å². The molecule has 2 nitrogen and oxygen atoms in total. The SMILES string of the molecule is CNC(C)CCc1cccc(OC2CC2)c1. The van der Waals surface area contributed by atoms with Crippen LogP contribution in [0, 0.1) is 0 Å². The minimum absolute atomic E-state index is 0.492. The average Bonchev–Trinajstić information content (AvgIpc) is 3.10. The summed E-state index contributed by atoms with van der Waals surface area (Å²) in [7, 11) is 2.01. The van der Waals surface area contributed by atoms with Crippen LogP contribution in [0.4, 0.5) is 0 Å². The van der Waals surface area contributed by atoms with Gasteiger partial charge >= 0.3 is 0 Å². The highest BCUT2D eigenvalue weighted by Gasteiger charge is 2.23. The van der Waals surface area contributed by atoms with Gasteiger partial charge in [-0.25, -0.2) is 0 Å². The summed E-state index contributed by atoms with van der Waals surface area (Å²) in [6.07, 6.45) is 5.22. The van der Waals surface area contributed by atoms with Gasteiger partial charge in [0, 0.05) is 6.04 Å². The molecule has 0 aromatic heterocycles. The monoisotopic (exact) mass is 219 g/mol. The van der Waals surface area contributed by atoms with Crippen LogP contribution in [0.5, 0.6) is 5.75 Å². The molecule has 1 aliphatic rings. The van der Waals surface area contributed by atoms with Crippen molar-refractivity contribution in [3.8, 4) is 5.75 Å². The Hall–Kier alpha value is -1.02. The molecule has 1 saturated carbocycles. The number of aryl methyl sites for hydroxylation is 1. The molecule has 1 aliphatic carbocycles. The van der Waals surface area contributed by atoms with E-state index in [2.05, 4.69) is 36.5 Å². The van der Waals surface area contributed by atoms with Crippen LogP contribution in [0.3, 0.4) is 0 Å². The number of ether oxygens (including phenoxy) is 1. The van der Waals surface area contributed by atoms with E-state index in [9.17, 15) is 0 Å². The second kappa shape index (κ2) is 5.35. The molecule has 0 amide bonds. The Balaban J connectivity index is 1.87. The summed E-state index contributed by atoms with van der Waals surface area (Å²) >= 11 is 0. The molecule has 1 atom stereocenters. The van der Waals surface area contributed by atoms with Crippen molar-refractivity contribution in [3.63, 3.8) is 0 Å². The van der Waals surface area contributed by atoms with Crippen molar-refractivity contribution in [2.75, 3.05) is 7.05 Å². The van der Waals surface area contributed by atoms with Crippen LogP contribution in [0.15, 0.2) is 24.3 Å². The van der Waals surface area contributed by atoms with Crippen molar-refractivity contribution in [2.45, 2.75) is 44.8 Å². The summed E-state index contributed by atoms with van der Waals surface area (Å²) in [5.74, 6) is 1.04. The predicted octanol–water partition coefficient (Wildman–Crippen LogP) is 2.77. The lowest BCUT2D eigenvalue weighted by molar-refractivity contribution is 0.303. The Morgan fingerprint density at radius 2 is 2.25 bits per heavy atom. The molecule has 0 spiro atoms. The highest BCUT2D eigenvalue weighted by Crippen LogP contribution is 2.27. The van der Waals surface area contributed by atoms with Gasteiger partial charge < -0.3 is 10.1 Å². The Bertz CT molecular complexity index is 333. The standard InChI is InChI=1S/C14H21NO/c1-11(15-2)6-7-12-4-3-5-14(10-12)16-13-8-9-13/h3-5,10-11,13,15H,6-9H2,1-2H3. The van der Waals surface area contributed by atoms with Gasteiger partial charge in [-0.2, -0.15) is 0 Å². The first-order valence-corrected chi connectivity index (χ1v) is 6.21. The van der Waals surface area contributed by atoms with E-state index in [1.165, 1.54) is 24.8 Å². The largest absolute Gasteiger partial charge is 0.490 e. The fourth-order valence-corrected chi connectivity index (χ4v) is 1.68. The summed E-state index contributed by atoms with van der Waals surface area (Å²) < 4.78 is 5.78. The highest BCUT2D eigenvalue weighted by molar-refractivity contribution is 5.29. The Morgan fingerprint density at radius 3 is 2.94 bits per heavy atom. The van der Waals surface area contributed by atoms with Crippen molar-refractivity contribution in [1.82, 2.24) is 5.32 Å². The van der Waals surface area contributed by atoms with Crippen LogP contribution >= 0.6 is 0 Å². The molecule has 0 bridgehead atoms. The normalized spacial score (nSPS) is 17.1. The number of hydrogen-bond acceptors (Lipinski definition) is 2. The van der Waals surface area contributed by atoms with Crippen LogP contribution in [-0.2, 0) is 6.42 Å². The van der Waals surface area contributed by atoms with E-state index in [4.69, 9.17) is 4.74 Å². The van der Waals surface area contributed by atoms with Crippen molar-refractivity contribution in [1.29, 1.82) is 0 Å². The van der Waals surface area contributed by atoms with Crippen molar-refractivity contribution in [2.24, 2.45) is 0 Å². The zero-order chi connectivity index (χ0) is 11.4. The molecule has 0 heterocycles. The van der Waals surface area contributed by atoms with Gasteiger partial charge in [-0.3, -0.25) is 0 Å². The van der Waals surface area contributed by atoms with Gasteiger partial charge in [0.25, 0.3) is 0 Å². The Kier molecular flexibility index (Phi) is 3.83. The molecule has 0 radical (unpaired) electrons. The van der Waals surface area contributed by atoms with Crippen molar-refractivity contribution >= 4 is 0 Å². The van der Waals surface area contributed by atoms with E-state index in [1.54, 1.807) is 0 Å². The second-order valence-corrected chi connectivity index (χ2v) is 4.69. The fraction of sp³-hybridized carbons (Fsp3) is 0.571. The number of benzene rings is 1. The molecule has 2 rings (SSSR count). The smallest absolute Gasteiger partial charge is 0.119 e. The van der Waals surface area contributed by atoms with E-state index in [1.807, 2.05) is 7.05 Å². The first-order chi connectivity index (χ1) is 7.78. The van der Waals surface area contributed by atoms with Crippen LogP contribution in [0.25, 0.3) is 0 Å². The topological polar surface area (TPSA) is 21.3 Å². The first kappa shape index (κ1) is 11.5. The third-order valence-corrected chi connectivity index (χ3v) is 3.08. The number of rotatable bonds is 6. The highest BCUT2D eigenvalue weighted by atomic mass is 16.5. The van der Waals surface area contributed by atoms with Gasteiger partial charge in [0.15, 0.2) is 0 Å². The molecule has 0 saturated heterocycles. The summed E-state index contributed by atoms with van der Waals surface area (Å²) in [6, 6.07) is 9.09. The zero-order valence-electron chi connectivity index (χ0n) is 10.2. The van der Waals surface area contributed by atoms with E-state index in [0.717, 1.165) is 12.2 Å². The summed E-state index contributed by atoms with van der Waals surface area (Å²) in [4.78, 5) is 0. The molecule has 1 unspecified atom stereocenters. The minimum atomic E-state index is 0.492. The van der Waals surface area contributed by atoms with Crippen molar-refractivity contribution < 1.29 is 4.74 Å². The van der Waals surface area contributed by atoms with Gasteiger partial charge in [-0.05, 0) is 57.4 Å². The average molecular weight is 219 g/mol. The van der Waals surface area contributed by atoms with Crippen molar-refractivity contribution in [3.05, 3.63) is 29.8 Å². The van der Waals surface area contributed by atoms with Crippen LogP contribution < -0.4 is 10.1 Å². The summed E-state index contributed by atoms with van der Waals surface area (Å²) in [5, 5.41) is 3.26. The Labute approximate surface area is 98.0 Å². The van der Waals surface area contributed by atoms with Crippen LogP contribution in [-0.4, -0.2) is 19.2 Å². The van der Waals surface area contributed by atoms with Gasteiger partial charge in [0.05, 0.1) is 6.10 Å². The molecule has 0 aliphatic heterocycles. The summed E-state index contributed by atoms with van der Waals surface area (Å²) in [5.41, 5.74) is 1.38. The van der Waals surface area contributed by atoms with E-state index in [-0.39, 0.29) is 0 Å². The molecule has 1 N–H and O–H groups in total. The first-order valence-electron chi connectivity index (χ1n) is 6.21. The molecule has 1 aromatic carbocycles. The maximum absolute atomic E-state index is 5.78. The van der Waals surface area contributed by atoms with Gasteiger partial charge in [0.2, 0.25) is 0 Å². The maximum atomic E-state index is 5.78. The van der Waals surface area contributed by atoms with Gasteiger partial charge in [-0.1, -0.05) is 12.1 Å². The third-order valence-electron chi connectivity index (χ3n) is 3.08. The third kappa shape index (κ3) is 3.53. The lowest BCUT2D eigenvalue weighted by Crippen LogP contribution is -2.21. The van der Waals surface area contributed by atoms with Crippen LogP contribution in [0.2, 0.25) is 0 Å². The van der Waals surface area contributed by atoms with Gasteiger partial charge in [0.1, 0.15) is 5.75 Å². The van der Waals surface area contributed by atoms with E-state index >= 15 is 0 Å². The Morgan fingerprint density at radius 1 is 1.44 bits per heavy atom. The minimum Gasteiger partial charge on any atom is -0.490 e. The molecule has 1 fully saturated rings. The number of nitrogens with one attached hydrogen (secondary N) is 1. The second-order valence-electron chi connectivity index (χ2n) is 4.69. The lowest BCUT2D eigenvalue weighted by Gasteiger charge is -2.10. The molecule has 16 heavy (non-hydrogen) atoms. The summed E-state index contributed by atoms with van der Waals surface area (Å²) in [6.45, 7) is 2.21. The molecule has 2 heteroatoms. The van der Waals surface area contributed by atoms with E-state index in [0.29, 0.717) is 12.1 Å². The molecular formula is C14H21NO. The molecule has 1 aromatic rings. The zero-order valence-corrected chi connectivity index (χ0v) is 10.2. The number of hydrogen-bond donors (Lipinski definition) is 1. The fourth-order valence-electron chi connectivity index (χ4n) is 1.68. The predicted molar refractivity (Wildman–Crippen MR) is 66.9 cm³/mol. The maximum Gasteiger partial charge on any atom is 0.119 e. The molecule has 88 valence electrons. The van der Waals surface area contributed by atoms with Gasteiger partial charge in [-0.15, -0.1) is 0 Å².